The smallest absolute Gasteiger partial charge is 0.0647 e. The van der Waals surface area contributed by atoms with Gasteiger partial charge < -0.3 is 9.47 Å². The molecule has 1 aliphatic carbocycles. The van der Waals surface area contributed by atoms with Crippen LogP contribution in [0.3, 0.4) is 0 Å². The van der Waals surface area contributed by atoms with Crippen LogP contribution < -0.4 is 4.90 Å². The van der Waals surface area contributed by atoms with Gasteiger partial charge in [0.05, 0.1) is 5.54 Å². The fraction of sp³-hybridized carbons (Fsp3) is 0.500. The molecule has 3 atom stereocenters. The topological polar surface area (TPSA) is 8.17 Å². The minimum absolute atomic E-state index is 0.111. The van der Waals surface area contributed by atoms with Crippen molar-refractivity contribution in [1.82, 2.24) is 4.57 Å². The minimum atomic E-state index is 0.111. The molecule has 1 aromatic carbocycles. The molecule has 2 nitrogen and oxygen atoms in total. The third-order valence-corrected chi connectivity index (χ3v) is 6.50. The van der Waals surface area contributed by atoms with Gasteiger partial charge in [-0.25, -0.2) is 0 Å². The van der Waals surface area contributed by atoms with Gasteiger partial charge in [0.2, 0.25) is 0 Å². The first-order valence-electron chi connectivity index (χ1n) is 8.40. The second kappa shape index (κ2) is 4.18. The first kappa shape index (κ1) is 13.9. The fourth-order valence-electron chi connectivity index (χ4n) is 4.95. The molecule has 5 rings (SSSR count). The number of para-hydroxylation sites is 1. The summed E-state index contributed by atoms with van der Waals surface area (Å²) in [6, 6.07) is 9.37. The van der Waals surface area contributed by atoms with Gasteiger partial charge in [0.25, 0.3) is 0 Å². The second-order valence-corrected chi connectivity index (χ2v) is 7.77. The lowest BCUT2D eigenvalue weighted by Crippen LogP contribution is -2.65. The summed E-state index contributed by atoms with van der Waals surface area (Å²) in [5.74, 6) is 0. The summed E-state index contributed by atoms with van der Waals surface area (Å²) in [7, 11) is 2.16. The zero-order chi connectivity index (χ0) is 15.7. The molecule has 116 valence electrons. The lowest BCUT2D eigenvalue weighted by molar-refractivity contribution is 0.167. The van der Waals surface area contributed by atoms with Gasteiger partial charge >= 0.3 is 0 Å². The quantitative estimate of drug-likeness (QED) is 0.751. The van der Waals surface area contributed by atoms with Crippen molar-refractivity contribution in [2.24, 2.45) is 7.05 Å². The molecule has 3 unspecified atom stereocenters. The molecule has 2 heteroatoms. The standard InChI is InChI=1S/C20H26N2/c1-14-8-6-7-9-18(14)22-15(2)19(3)10-11-20(22,4)17-13-21(5)12-16(17)19/h6-9,12-13,15H,10-11H2,1-5H3. The highest BCUT2D eigenvalue weighted by atomic mass is 15.3. The molecule has 22 heavy (non-hydrogen) atoms. The van der Waals surface area contributed by atoms with Crippen molar-refractivity contribution in [3.63, 3.8) is 0 Å². The first-order valence-corrected chi connectivity index (χ1v) is 8.40. The van der Waals surface area contributed by atoms with E-state index in [0.29, 0.717) is 6.04 Å². The maximum absolute atomic E-state index is 2.70. The van der Waals surface area contributed by atoms with Gasteiger partial charge in [0.15, 0.2) is 0 Å². The Morgan fingerprint density at radius 3 is 2.45 bits per heavy atom. The van der Waals surface area contributed by atoms with E-state index in [1.165, 1.54) is 29.7 Å². The van der Waals surface area contributed by atoms with Crippen LogP contribution in [0.2, 0.25) is 0 Å². The van der Waals surface area contributed by atoms with Crippen LogP contribution in [0.4, 0.5) is 5.69 Å². The Labute approximate surface area is 133 Å². The van der Waals surface area contributed by atoms with E-state index in [4.69, 9.17) is 0 Å². The zero-order valence-corrected chi connectivity index (χ0v) is 14.4. The molecular formula is C20H26N2. The summed E-state index contributed by atoms with van der Waals surface area (Å²) in [6.07, 6.45) is 7.23. The van der Waals surface area contributed by atoms with E-state index in [0.717, 1.165) is 0 Å². The molecule has 0 radical (unpaired) electrons. The second-order valence-electron chi connectivity index (χ2n) is 7.77. The van der Waals surface area contributed by atoms with Gasteiger partial charge in [-0.1, -0.05) is 25.1 Å². The number of aryl methyl sites for hydroxylation is 2. The van der Waals surface area contributed by atoms with Crippen LogP contribution in [0.1, 0.15) is 50.3 Å². The lowest BCUT2D eigenvalue weighted by atomic mass is 9.57. The molecule has 1 fully saturated rings. The van der Waals surface area contributed by atoms with Crippen LogP contribution in [-0.2, 0) is 18.0 Å². The summed E-state index contributed by atoms with van der Waals surface area (Å²) < 4.78 is 2.25. The highest BCUT2D eigenvalue weighted by Crippen LogP contribution is 2.58. The van der Waals surface area contributed by atoms with E-state index in [9.17, 15) is 0 Å². The summed E-state index contributed by atoms with van der Waals surface area (Å²) in [4.78, 5) is 2.70. The monoisotopic (exact) mass is 294 g/mol. The van der Waals surface area contributed by atoms with Crippen molar-refractivity contribution in [1.29, 1.82) is 0 Å². The van der Waals surface area contributed by atoms with Crippen LogP contribution in [0.15, 0.2) is 36.7 Å². The predicted octanol–water partition coefficient (Wildman–Crippen LogP) is 4.51. The minimum Gasteiger partial charge on any atom is -0.358 e. The summed E-state index contributed by atoms with van der Waals surface area (Å²) >= 11 is 0. The number of piperidine rings is 1. The Hall–Kier alpha value is -1.70. The van der Waals surface area contributed by atoms with Crippen LogP contribution in [0, 0.1) is 6.92 Å². The number of fused-ring (bicyclic) bond motifs is 2. The molecule has 3 heterocycles. The number of benzene rings is 1. The number of anilines is 1. The molecular weight excluding hydrogens is 268 g/mol. The van der Waals surface area contributed by atoms with Crippen LogP contribution >= 0.6 is 0 Å². The average molecular weight is 294 g/mol. The molecule has 0 saturated carbocycles. The number of hydrogen-bond donors (Lipinski definition) is 0. The Morgan fingerprint density at radius 2 is 1.73 bits per heavy atom. The normalized spacial score (nSPS) is 33.1. The van der Waals surface area contributed by atoms with Crippen molar-refractivity contribution < 1.29 is 0 Å². The van der Waals surface area contributed by atoms with Crippen molar-refractivity contribution in [3.8, 4) is 0 Å². The van der Waals surface area contributed by atoms with Crippen molar-refractivity contribution >= 4 is 5.69 Å². The molecule has 2 bridgehead atoms. The molecule has 0 spiro atoms. The Kier molecular flexibility index (Phi) is 2.65. The maximum Gasteiger partial charge on any atom is 0.0647 e. The van der Waals surface area contributed by atoms with E-state index in [-0.39, 0.29) is 11.0 Å². The van der Waals surface area contributed by atoms with Gasteiger partial charge in [0, 0.05) is 36.6 Å². The average Bonchev–Trinajstić information content (AvgIpc) is 2.89. The third-order valence-electron chi connectivity index (χ3n) is 6.50. The highest BCUT2D eigenvalue weighted by molar-refractivity contribution is 5.63. The number of aromatic nitrogens is 1. The SMILES string of the molecule is Cc1ccccc1N1C(C)C2(C)CCC1(C)c1cn(C)cc12. The molecule has 1 aromatic heterocycles. The zero-order valence-electron chi connectivity index (χ0n) is 14.4. The molecule has 1 saturated heterocycles. The molecule has 3 aliphatic rings. The summed E-state index contributed by atoms with van der Waals surface area (Å²) in [6.45, 7) is 9.55. The molecule has 0 amide bonds. The molecule has 2 aromatic rings. The Balaban J connectivity index is 1.98. The van der Waals surface area contributed by atoms with E-state index in [1.54, 1.807) is 5.56 Å². The van der Waals surface area contributed by atoms with Crippen LogP contribution in [-0.4, -0.2) is 10.6 Å². The summed E-state index contributed by atoms with van der Waals surface area (Å²) in [5.41, 5.74) is 6.24. The van der Waals surface area contributed by atoms with Gasteiger partial charge in [-0.2, -0.15) is 0 Å². The van der Waals surface area contributed by atoms with Crippen LogP contribution in [0.5, 0.6) is 0 Å². The van der Waals surface area contributed by atoms with Gasteiger partial charge in [-0.05, 0) is 56.4 Å². The first-order chi connectivity index (χ1) is 10.4. The van der Waals surface area contributed by atoms with E-state index < -0.39 is 0 Å². The number of nitrogens with zero attached hydrogens (tertiary/aromatic N) is 2. The third kappa shape index (κ3) is 1.51. The van der Waals surface area contributed by atoms with Gasteiger partial charge in [-0.3, -0.25) is 0 Å². The van der Waals surface area contributed by atoms with Crippen molar-refractivity contribution in [3.05, 3.63) is 53.3 Å². The number of hydrogen-bond acceptors (Lipinski definition) is 1. The Bertz CT molecular complexity index is 744. The maximum atomic E-state index is 2.70. The number of rotatable bonds is 1. The molecule has 0 N–H and O–H groups in total. The Morgan fingerprint density at radius 1 is 1.05 bits per heavy atom. The summed E-state index contributed by atoms with van der Waals surface area (Å²) in [5, 5.41) is 0. The van der Waals surface area contributed by atoms with E-state index in [2.05, 4.69) is 80.9 Å². The highest BCUT2D eigenvalue weighted by Gasteiger charge is 2.57. The molecule has 2 aliphatic heterocycles. The van der Waals surface area contributed by atoms with Crippen molar-refractivity contribution in [2.45, 2.75) is 57.5 Å². The lowest BCUT2D eigenvalue weighted by Gasteiger charge is -2.62. The van der Waals surface area contributed by atoms with Gasteiger partial charge in [0.1, 0.15) is 0 Å². The van der Waals surface area contributed by atoms with Crippen molar-refractivity contribution in [2.75, 3.05) is 4.90 Å². The van der Waals surface area contributed by atoms with Gasteiger partial charge in [-0.15, -0.1) is 0 Å². The van der Waals surface area contributed by atoms with Crippen LogP contribution in [0.25, 0.3) is 0 Å². The van der Waals surface area contributed by atoms with E-state index in [1.807, 2.05) is 0 Å². The fourth-order valence-corrected chi connectivity index (χ4v) is 4.95. The predicted molar refractivity (Wildman–Crippen MR) is 92.5 cm³/mol. The largest absolute Gasteiger partial charge is 0.358 e. The van der Waals surface area contributed by atoms with E-state index >= 15 is 0 Å².